The predicted molar refractivity (Wildman–Crippen MR) is 169 cm³/mol. The molecule has 3 atom stereocenters. The summed E-state index contributed by atoms with van der Waals surface area (Å²) in [5.74, 6) is -1.93. The number of piperidine rings is 1. The van der Waals surface area contributed by atoms with Gasteiger partial charge in [0.05, 0.1) is 6.42 Å². The number of nitrogens with one attached hydrogen (secondary N) is 1. The summed E-state index contributed by atoms with van der Waals surface area (Å²) < 4.78 is 28.3. The average molecular weight is 609 g/mol. The van der Waals surface area contributed by atoms with Gasteiger partial charge in [-0.25, -0.2) is 8.78 Å². The molecule has 2 N–H and O–H groups in total. The highest BCUT2D eigenvalue weighted by Crippen LogP contribution is 2.61. The first-order valence-corrected chi connectivity index (χ1v) is 14.2. The highest BCUT2D eigenvalue weighted by molar-refractivity contribution is 6.43. The van der Waals surface area contributed by atoms with Crippen LogP contribution in [0.4, 0.5) is 8.78 Å². The molecule has 2 aromatic rings. The number of likely N-dealkylation sites (tertiary alicyclic amines) is 1. The second-order valence-corrected chi connectivity index (χ2v) is 11.6. The number of hydrogen-bond donors (Lipinski definition) is 2. The van der Waals surface area contributed by atoms with Crippen LogP contribution in [-0.4, -0.2) is 73.1 Å². The number of aldehydes is 1. The summed E-state index contributed by atoms with van der Waals surface area (Å²) in [6.45, 7) is 9.92. The molecule has 1 heterocycles. The number of aliphatic carboxylic acids is 1. The van der Waals surface area contributed by atoms with Gasteiger partial charge < -0.3 is 20.3 Å². The molecule has 0 aromatic heterocycles. The van der Waals surface area contributed by atoms with Crippen LogP contribution < -0.4 is 5.32 Å². The number of halogens is 2. The van der Waals surface area contributed by atoms with Crippen LogP contribution in [-0.2, 0) is 14.4 Å². The molecule has 1 saturated heterocycles. The van der Waals surface area contributed by atoms with Crippen LogP contribution in [0.5, 0.6) is 0 Å². The summed E-state index contributed by atoms with van der Waals surface area (Å²) in [5.41, 5.74) is 3.98. The van der Waals surface area contributed by atoms with E-state index in [0.717, 1.165) is 35.8 Å². The van der Waals surface area contributed by atoms with Gasteiger partial charge in [0, 0.05) is 38.8 Å². The summed E-state index contributed by atoms with van der Waals surface area (Å²) in [7, 11) is 5.04. The minimum absolute atomic E-state index is 0.0209. The number of carbonyl (C=O) groups is 3. The smallest absolute Gasteiger partial charge is 0.305 e. The number of benzene rings is 2. The van der Waals surface area contributed by atoms with Crippen LogP contribution >= 0.6 is 0 Å². The van der Waals surface area contributed by atoms with Gasteiger partial charge in [-0.1, -0.05) is 32.0 Å². The van der Waals surface area contributed by atoms with Crippen molar-refractivity contribution in [1.29, 1.82) is 0 Å². The van der Waals surface area contributed by atoms with Crippen LogP contribution in [0, 0.1) is 55.6 Å². The van der Waals surface area contributed by atoms with Gasteiger partial charge in [0.2, 0.25) is 0 Å². The summed E-state index contributed by atoms with van der Waals surface area (Å²) >= 11 is 0. The van der Waals surface area contributed by atoms with Crippen LogP contribution in [0.1, 0.15) is 43.0 Å². The fourth-order valence-electron chi connectivity index (χ4n) is 5.77. The van der Waals surface area contributed by atoms with E-state index in [1.54, 1.807) is 19.1 Å². The van der Waals surface area contributed by atoms with Gasteiger partial charge >= 0.3 is 5.97 Å². The molecule has 0 bridgehead atoms. The number of carboxylic acids is 1. The van der Waals surface area contributed by atoms with Crippen molar-refractivity contribution in [2.45, 2.75) is 40.2 Å². The third-order valence-electron chi connectivity index (χ3n) is 8.20. The lowest BCUT2D eigenvalue weighted by Crippen LogP contribution is -2.37. The Balaban J connectivity index is 0.000000295. The first kappa shape index (κ1) is 35.8. The highest BCUT2D eigenvalue weighted by atomic mass is 19.2. The Labute approximate surface area is 258 Å². The van der Waals surface area contributed by atoms with Crippen molar-refractivity contribution in [2.75, 3.05) is 34.2 Å². The van der Waals surface area contributed by atoms with Crippen molar-refractivity contribution in [3.8, 4) is 24.0 Å². The molecule has 2 aromatic carbocycles. The Kier molecular flexibility index (Phi) is 12.5. The van der Waals surface area contributed by atoms with Crippen molar-refractivity contribution in [3.63, 3.8) is 0 Å². The molecule has 0 spiro atoms. The molecule has 8 nitrogen and oxygen atoms in total. The van der Waals surface area contributed by atoms with E-state index >= 15 is 0 Å². The van der Waals surface area contributed by atoms with E-state index in [4.69, 9.17) is 5.11 Å². The second kappa shape index (κ2) is 15.4. The minimum Gasteiger partial charge on any atom is -0.481 e. The molecule has 1 saturated carbocycles. The number of fused-ring (bicyclic) bond motifs is 1. The molecule has 10 heteroatoms. The van der Waals surface area contributed by atoms with Crippen LogP contribution in [0.15, 0.2) is 47.6 Å². The maximum atomic E-state index is 14.2. The lowest BCUT2D eigenvalue weighted by Gasteiger charge is -2.22. The number of nitrogens with zero attached hydrogens (tertiary/aromatic N) is 3. The Morgan fingerprint density at radius 3 is 2.20 bits per heavy atom. The Hall–Kier alpha value is -4.36. The van der Waals surface area contributed by atoms with E-state index in [1.165, 1.54) is 25.3 Å². The Morgan fingerprint density at radius 2 is 1.73 bits per heavy atom. The van der Waals surface area contributed by atoms with Gasteiger partial charge in [0.1, 0.15) is 12.0 Å². The van der Waals surface area contributed by atoms with Gasteiger partial charge in [-0.3, -0.25) is 14.4 Å². The number of rotatable bonds is 9. The number of hydrazone groups is 1. The maximum absolute atomic E-state index is 14.2. The predicted octanol–water partition coefficient (Wildman–Crippen LogP) is 5.01. The number of aryl methyl sites for hydroxylation is 2. The van der Waals surface area contributed by atoms with Crippen molar-refractivity contribution in [3.05, 3.63) is 70.8 Å². The number of carbonyl (C=O) groups excluding carboxylic acids is 2. The molecule has 4 rings (SSSR count). The number of amides is 1. The highest BCUT2D eigenvalue weighted by Gasteiger charge is 2.62. The summed E-state index contributed by atoms with van der Waals surface area (Å²) in [6, 6.07) is 7.58. The molecule has 44 heavy (non-hydrogen) atoms. The molecule has 2 fully saturated rings. The molecule has 2 aliphatic rings. The van der Waals surface area contributed by atoms with Crippen LogP contribution in [0.2, 0.25) is 0 Å². The molecule has 236 valence electrons. The molecule has 1 aliphatic heterocycles. The molecular formula is C34H42F2N4O4. The van der Waals surface area contributed by atoms with Crippen molar-refractivity contribution < 1.29 is 28.3 Å². The quantitative estimate of drug-likeness (QED) is 0.137. The summed E-state index contributed by atoms with van der Waals surface area (Å²) in [5, 5.41) is 17.4. The molecule has 1 amide bonds. The van der Waals surface area contributed by atoms with Crippen molar-refractivity contribution >= 4 is 23.9 Å². The lowest BCUT2D eigenvalue weighted by atomic mass is 9.92. The van der Waals surface area contributed by atoms with E-state index in [1.807, 2.05) is 36.9 Å². The van der Waals surface area contributed by atoms with E-state index in [0.29, 0.717) is 34.8 Å². The molecule has 0 radical (unpaired) electrons. The zero-order valence-corrected chi connectivity index (χ0v) is 26.4. The number of hydrogen-bond acceptors (Lipinski definition) is 6. The Morgan fingerprint density at radius 1 is 1.16 bits per heavy atom. The van der Waals surface area contributed by atoms with E-state index in [-0.39, 0.29) is 17.9 Å². The van der Waals surface area contributed by atoms with Crippen molar-refractivity contribution in [1.82, 2.24) is 15.2 Å². The van der Waals surface area contributed by atoms with Crippen molar-refractivity contribution in [2.24, 2.45) is 22.4 Å². The zero-order chi connectivity index (χ0) is 33.4. The van der Waals surface area contributed by atoms with Gasteiger partial charge in [-0.15, -0.1) is 12.8 Å². The minimum atomic E-state index is -1.08. The molecule has 3 unspecified atom stereocenters. The third kappa shape index (κ3) is 8.38. The van der Waals surface area contributed by atoms with Crippen LogP contribution in [0.3, 0.4) is 0 Å². The first-order chi connectivity index (χ1) is 20.7. The second-order valence-electron chi connectivity index (χ2n) is 11.6. The Bertz CT molecular complexity index is 1410. The van der Waals surface area contributed by atoms with E-state index in [2.05, 4.69) is 37.1 Å². The molecule has 1 aliphatic carbocycles. The zero-order valence-electron chi connectivity index (χ0n) is 26.4. The van der Waals surface area contributed by atoms with Crippen LogP contribution in [0.25, 0.3) is 11.1 Å². The number of terminal acetylenes is 1. The number of carboxylic acid groups (broad SMARTS) is 1. The van der Waals surface area contributed by atoms with E-state index in [9.17, 15) is 23.2 Å². The third-order valence-corrected chi connectivity index (χ3v) is 8.20. The standard InChI is InChI=1S/C18H19F2NO2.C14H21N3O2.C2H2/c1-10-5-4-6-11(2)17(10)12-7-13(18(20)14(19)8-12)15(21-3)9-16(22)23;1-14(2)10-8-17(9-11(10)14)13(19)12(6-5-7-18)15-16(3)4;1-2/h4-8,15,21H,9H2,1-3H3,(H,22,23);5-7,10-11H,8-9H2,1-4H3;1-2H/b;6-5-,15-12+;. The largest absolute Gasteiger partial charge is 0.481 e. The number of allylic oxidation sites excluding steroid dienone is 1. The van der Waals surface area contributed by atoms with Gasteiger partial charge in [0.25, 0.3) is 5.91 Å². The fraction of sp³-hybridized carbons (Fsp3) is 0.412. The maximum Gasteiger partial charge on any atom is 0.305 e. The first-order valence-electron chi connectivity index (χ1n) is 14.2. The topological polar surface area (TPSA) is 102 Å². The normalized spacial score (nSPS) is 18.7. The summed E-state index contributed by atoms with van der Waals surface area (Å²) in [4.78, 5) is 35.6. The van der Waals surface area contributed by atoms with Gasteiger partial charge in [0.15, 0.2) is 11.6 Å². The average Bonchev–Trinajstić information content (AvgIpc) is 3.27. The SMILES string of the molecule is C#C.CN(C)/N=C(\C=C/C=O)C(=O)N1CC2C(C1)C2(C)C.CNC(CC(=O)O)c1cc(-c2c(C)cccc2C)cc(F)c1F. The lowest BCUT2D eigenvalue weighted by molar-refractivity contribution is -0.137. The van der Waals surface area contributed by atoms with Gasteiger partial charge in [-0.05, 0) is 84.7 Å². The van der Waals surface area contributed by atoms with E-state index < -0.39 is 23.6 Å². The monoisotopic (exact) mass is 608 g/mol. The fourth-order valence-corrected chi connectivity index (χ4v) is 5.77. The summed E-state index contributed by atoms with van der Waals surface area (Å²) in [6.07, 6.45) is 11.1. The molecular weight excluding hydrogens is 566 g/mol. The van der Waals surface area contributed by atoms with Gasteiger partial charge in [-0.2, -0.15) is 5.10 Å².